The number of allylic oxidation sites excluding steroid dienone is 4. The van der Waals surface area contributed by atoms with Crippen molar-refractivity contribution in [2.45, 2.75) is 13.3 Å². The molecule has 1 aliphatic carbocycles. The summed E-state index contributed by atoms with van der Waals surface area (Å²) in [6.07, 6.45) is 6.33. The molecular weight excluding hydrogens is 195 g/mol. The molecule has 0 saturated heterocycles. The summed E-state index contributed by atoms with van der Waals surface area (Å²) in [7, 11) is 0. The van der Waals surface area contributed by atoms with Crippen molar-refractivity contribution in [2.24, 2.45) is 0 Å². The second kappa shape index (κ2) is 4.50. The van der Waals surface area contributed by atoms with Crippen molar-refractivity contribution >= 4 is 5.57 Å². The molecule has 0 N–H and O–H groups in total. The summed E-state index contributed by atoms with van der Waals surface area (Å²) in [5.74, 6) is 0. The third-order valence-electron chi connectivity index (χ3n) is 1.98. The smallest absolute Gasteiger partial charge is 0.248 e. The van der Waals surface area contributed by atoms with E-state index in [1.165, 1.54) is 16.7 Å². The average Bonchev–Trinajstić information content (AvgIpc) is 2.54. The van der Waals surface area contributed by atoms with Crippen LogP contribution in [0.1, 0.15) is 18.9 Å². The van der Waals surface area contributed by atoms with E-state index in [0.29, 0.717) is 0 Å². The van der Waals surface area contributed by atoms with Crippen LogP contribution >= 0.6 is 0 Å². The van der Waals surface area contributed by atoms with E-state index >= 15 is 0 Å². The Hall–Kier alpha value is -0.716. The van der Waals surface area contributed by atoms with Crippen LogP contribution in [0.15, 0.2) is 35.9 Å². The fourth-order valence-corrected chi connectivity index (χ4v) is 1.35. The van der Waals surface area contributed by atoms with E-state index in [1.54, 1.807) is 0 Å². The molecule has 1 aromatic carbocycles. The number of hydrogen-bond acceptors (Lipinski definition) is 0. The first kappa shape index (κ1) is 10.4. The van der Waals surface area contributed by atoms with Crippen molar-refractivity contribution in [1.29, 1.82) is 0 Å². The zero-order valence-electron chi connectivity index (χ0n) is 7.54. The minimum Gasteiger partial charge on any atom is -0.248 e. The van der Waals surface area contributed by atoms with Gasteiger partial charge in [-0.1, -0.05) is 6.92 Å². The predicted octanol–water partition coefficient (Wildman–Crippen LogP) is 3.02. The first-order valence-electron chi connectivity index (χ1n) is 4.11. The van der Waals surface area contributed by atoms with E-state index in [2.05, 4.69) is 31.2 Å². The molecule has 0 nitrogen and oxygen atoms in total. The van der Waals surface area contributed by atoms with Gasteiger partial charge in [-0.3, -0.25) is 0 Å². The molecule has 0 aromatic heterocycles. The Morgan fingerprint density at radius 2 is 2.15 bits per heavy atom. The zero-order valence-corrected chi connectivity index (χ0v) is 8.94. The first-order valence-corrected chi connectivity index (χ1v) is 4.11. The summed E-state index contributed by atoms with van der Waals surface area (Å²) >= 11 is 0. The van der Waals surface area contributed by atoms with Gasteiger partial charge in [0.15, 0.2) is 0 Å². The molecule has 0 heterocycles. The number of hydrogen-bond donors (Lipinski definition) is 0. The normalized spacial score (nSPS) is 14.5. The summed E-state index contributed by atoms with van der Waals surface area (Å²) in [5, 5.41) is 0. The molecule has 0 atom stereocenters. The molecule has 13 heavy (non-hydrogen) atoms. The maximum absolute atomic E-state index is 3.25. The molecule has 63 valence electrons. The van der Waals surface area contributed by atoms with Crippen molar-refractivity contribution in [3.8, 4) is 0 Å². The number of rotatable bonds is 1. The van der Waals surface area contributed by atoms with Crippen molar-refractivity contribution in [3.05, 3.63) is 53.6 Å². The molecule has 0 bridgehead atoms. The Labute approximate surface area is 91.2 Å². The quantitative estimate of drug-likeness (QED) is 0.618. The summed E-state index contributed by atoms with van der Waals surface area (Å²) < 4.78 is 0. The summed E-state index contributed by atoms with van der Waals surface area (Å²) in [6.45, 7) is 2.13. The van der Waals surface area contributed by atoms with Gasteiger partial charge in [0.2, 0.25) is 0 Å². The predicted molar refractivity (Wildman–Crippen MR) is 50.3 cm³/mol. The maximum atomic E-state index is 3.25. The minimum atomic E-state index is 0. The Morgan fingerprint density at radius 3 is 2.69 bits per heavy atom. The fourth-order valence-electron chi connectivity index (χ4n) is 1.35. The first-order chi connectivity index (χ1) is 5.86. The molecule has 0 spiro atoms. The van der Waals surface area contributed by atoms with E-state index in [9.17, 15) is 0 Å². The van der Waals surface area contributed by atoms with Gasteiger partial charge >= 0.3 is 18.6 Å². The summed E-state index contributed by atoms with van der Waals surface area (Å²) in [5.41, 5.74) is 3.81. The van der Waals surface area contributed by atoms with E-state index in [-0.39, 0.29) is 18.6 Å². The average molecular weight is 205 g/mol. The van der Waals surface area contributed by atoms with Crippen molar-refractivity contribution in [1.82, 2.24) is 0 Å². The van der Waals surface area contributed by atoms with Gasteiger partial charge in [0, 0.05) is 0 Å². The molecule has 0 amide bonds. The van der Waals surface area contributed by atoms with Crippen LogP contribution in [-0.2, 0) is 18.6 Å². The third-order valence-corrected chi connectivity index (χ3v) is 1.98. The van der Waals surface area contributed by atoms with Gasteiger partial charge in [0.05, 0.1) is 0 Å². The van der Waals surface area contributed by atoms with E-state index in [0.717, 1.165) is 6.42 Å². The third kappa shape index (κ3) is 2.36. The van der Waals surface area contributed by atoms with Crippen LogP contribution in [0, 0.1) is 12.1 Å². The molecule has 0 saturated carbocycles. The second-order valence-corrected chi connectivity index (χ2v) is 3.07. The Kier molecular flexibility index (Phi) is 3.59. The second-order valence-electron chi connectivity index (χ2n) is 3.07. The van der Waals surface area contributed by atoms with Crippen molar-refractivity contribution in [3.63, 3.8) is 0 Å². The molecule has 0 fully saturated rings. The molecule has 1 aliphatic rings. The summed E-state index contributed by atoms with van der Waals surface area (Å²) in [4.78, 5) is 0. The standard InChI is InChI=1S/C12H10.V/c1-10-7-8-12(9-10)11-5-3-2-4-6-11;/h2-5,7H,9H2,1H3;/q-2;+2. The van der Waals surface area contributed by atoms with Gasteiger partial charge in [0.1, 0.15) is 0 Å². The van der Waals surface area contributed by atoms with Crippen molar-refractivity contribution < 1.29 is 18.6 Å². The topological polar surface area (TPSA) is 0 Å². The van der Waals surface area contributed by atoms with Crippen LogP contribution in [0.3, 0.4) is 0 Å². The SMILES string of the molecule is CC1=C[C-]=C(c2[c-]cccc2)C1.[V+2]. The maximum Gasteiger partial charge on any atom is 2.00 e. The Bertz CT molecular complexity index is 333. The minimum absolute atomic E-state index is 0. The largest absolute Gasteiger partial charge is 2.00 e. The van der Waals surface area contributed by atoms with E-state index in [4.69, 9.17) is 0 Å². The van der Waals surface area contributed by atoms with Gasteiger partial charge in [-0.2, -0.15) is 29.8 Å². The summed E-state index contributed by atoms with van der Waals surface area (Å²) in [6, 6.07) is 11.2. The molecule has 2 rings (SSSR count). The van der Waals surface area contributed by atoms with Gasteiger partial charge in [-0.05, 0) is 0 Å². The fraction of sp³-hybridized carbons (Fsp3) is 0.167. The zero-order chi connectivity index (χ0) is 8.39. The Morgan fingerprint density at radius 1 is 1.31 bits per heavy atom. The van der Waals surface area contributed by atoms with Crippen LogP contribution in [-0.4, -0.2) is 0 Å². The van der Waals surface area contributed by atoms with Crippen LogP contribution in [0.5, 0.6) is 0 Å². The number of benzene rings is 1. The molecule has 1 aromatic rings. The van der Waals surface area contributed by atoms with E-state index in [1.807, 2.05) is 18.2 Å². The van der Waals surface area contributed by atoms with E-state index < -0.39 is 0 Å². The van der Waals surface area contributed by atoms with Gasteiger partial charge in [-0.25, -0.2) is 23.3 Å². The van der Waals surface area contributed by atoms with Crippen LogP contribution < -0.4 is 0 Å². The molecule has 1 radical (unpaired) electrons. The van der Waals surface area contributed by atoms with Gasteiger partial charge in [0.25, 0.3) is 0 Å². The van der Waals surface area contributed by atoms with Crippen molar-refractivity contribution in [2.75, 3.05) is 0 Å². The van der Waals surface area contributed by atoms with Crippen LogP contribution in [0.25, 0.3) is 5.57 Å². The molecule has 1 heteroatoms. The molecular formula is C12H10V. The molecule has 0 aliphatic heterocycles. The Balaban J connectivity index is 0.000000845. The monoisotopic (exact) mass is 205 g/mol. The van der Waals surface area contributed by atoms with Crippen LogP contribution in [0.4, 0.5) is 0 Å². The van der Waals surface area contributed by atoms with Gasteiger partial charge < -0.3 is 0 Å². The van der Waals surface area contributed by atoms with Crippen LogP contribution in [0.2, 0.25) is 0 Å². The molecule has 0 unspecified atom stereocenters. The van der Waals surface area contributed by atoms with Gasteiger partial charge in [-0.15, -0.1) is 12.5 Å².